The maximum absolute atomic E-state index is 6.60. The summed E-state index contributed by atoms with van der Waals surface area (Å²) in [6, 6.07) is 0. The fraction of sp³-hybridized carbons (Fsp3) is 1.00. The zero-order valence-electron chi connectivity index (χ0n) is 48.1. The second-order valence-electron chi connectivity index (χ2n) is 19.2. The average Bonchev–Trinajstić information content (AvgIpc) is 3.61. The van der Waals surface area contributed by atoms with Crippen LogP contribution in [0.3, 0.4) is 0 Å². The molecule has 0 saturated carbocycles. The number of hydrogen-bond acceptors (Lipinski definition) is 0. The third-order valence-corrected chi connectivity index (χ3v) is 14.9. The van der Waals surface area contributed by atoms with Gasteiger partial charge in [0.2, 0.25) is 0 Å². The average molecular weight is 864 g/mol. The van der Waals surface area contributed by atoms with E-state index < -0.39 is 153 Å². The molecule has 268 valence electrons. The molecule has 0 N–H and O–H groups in total. The maximum Gasteiger partial charge on any atom is 0.0413 e. The first kappa shape index (κ1) is 89.0. The van der Waals surface area contributed by atoms with Gasteiger partial charge in [0, 0.05) is 466 Å². The fourth-order valence-electron chi connectivity index (χ4n) is 11.7. The van der Waals surface area contributed by atoms with Crippen molar-refractivity contribution >= 4 is 466 Å². The van der Waals surface area contributed by atoms with E-state index in [-0.39, 0.29) is 44.9 Å². The summed E-state index contributed by atoms with van der Waals surface area (Å²) in [6.45, 7) is 19.6. The van der Waals surface area contributed by atoms with E-state index in [0.29, 0.717) is 0 Å². The lowest BCUT2D eigenvalue weighted by atomic mass is 8.30. The van der Waals surface area contributed by atoms with Crippen LogP contribution >= 0.6 is 0 Å². The quantitative estimate of drug-likeness (QED) is 0.0898. The Balaban J connectivity index is -0.000000389. The summed E-state index contributed by atoms with van der Waals surface area (Å²) < 4.78 is 0. The minimum absolute atomic E-state index is 0.0135. The van der Waals surface area contributed by atoms with Crippen LogP contribution in [0.2, 0.25) is 13.6 Å². The fourth-order valence-corrected chi connectivity index (χ4v) is 11.7. The van der Waals surface area contributed by atoms with Crippen molar-refractivity contribution in [3.63, 3.8) is 0 Å². The van der Waals surface area contributed by atoms with Crippen LogP contribution in [0.1, 0.15) is 55.4 Å². The molecule has 2 fully saturated rings. The SMILES string of the molecule is CC.CC.CC.CC.[B]B([B])B([B])[B].[B][B]B([B])B(B([B])[B])B1B(B(B([B])[B])B([B])[B])B(C)B(B(B([B])[B])B([B][B])B([B])[B])B1B(B([B])[B])B([B])B([B])[B].[B][B]B([B])B1B(B([B])B([B])[B])B(C)B([B])B([B][B])B1B([B])[B]. The normalized spacial score (nSPS) is 11.6. The summed E-state index contributed by atoms with van der Waals surface area (Å²) in [7, 11) is 193. The van der Waals surface area contributed by atoms with Gasteiger partial charge in [-0.1, -0.05) is 55.4 Å². The van der Waals surface area contributed by atoms with Gasteiger partial charge in [0.1, 0.15) is 0 Å². The van der Waals surface area contributed by atoms with Gasteiger partial charge in [-0.15, -0.1) is 13.6 Å². The van der Waals surface area contributed by atoms with Gasteiger partial charge in [0.15, 0.2) is 0 Å². The predicted molar refractivity (Wildman–Crippen MR) is 437 cm³/mol. The molecule has 0 aliphatic carbocycles. The van der Waals surface area contributed by atoms with Gasteiger partial charge in [-0.3, -0.25) is 0 Å². The molecule has 0 aromatic heterocycles. The van der Waals surface area contributed by atoms with Gasteiger partial charge in [-0.25, -0.2) is 0 Å². The Labute approximate surface area is 530 Å². The highest BCUT2D eigenvalue weighted by molar-refractivity contribution is 8.38. The zero-order valence-corrected chi connectivity index (χ0v) is 48.1. The van der Waals surface area contributed by atoms with Crippen molar-refractivity contribution in [2.75, 3.05) is 0 Å². The molecular formula is C10H30B66. The molecule has 66 radical (unpaired) electrons. The second-order valence-corrected chi connectivity index (χ2v) is 19.2. The Morgan fingerprint density at radius 2 is 0.684 bits per heavy atom. The third-order valence-electron chi connectivity index (χ3n) is 14.9. The molecule has 0 aromatic rings. The van der Waals surface area contributed by atoms with Crippen LogP contribution in [0.5, 0.6) is 0 Å². The minimum Gasteiger partial charge on any atom is -0.101 e. The maximum atomic E-state index is 6.60. The van der Waals surface area contributed by atoms with Crippen LogP contribution < -0.4 is 0 Å². The van der Waals surface area contributed by atoms with Gasteiger partial charge in [-0.05, 0) is 0 Å². The molecule has 0 bridgehead atoms. The molecule has 2 heterocycles. The second kappa shape index (κ2) is 47.4. The van der Waals surface area contributed by atoms with Gasteiger partial charge < -0.3 is 0 Å². The summed E-state index contributed by atoms with van der Waals surface area (Å²) in [5, 5.41) is 0. The summed E-state index contributed by atoms with van der Waals surface area (Å²) >= 11 is 0. The minimum atomic E-state index is -1.03. The number of rotatable bonds is 23. The Hall–Kier alpha value is 4.29. The molecule has 0 atom stereocenters. The Morgan fingerprint density at radius 3 is 0.947 bits per heavy atom. The molecule has 2 saturated heterocycles. The lowest BCUT2D eigenvalue weighted by Crippen LogP contribution is -2.90. The molecule has 2 aliphatic rings. The first-order valence-corrected chi connectivity index (χ1v) is 26.8. The van der Waals surface area contributed by atoms with Crippen LogP contribution in [0.25, 0.3) is 0 Å². The predicted octanol–water partition coefficient (Wildman–Crippen LogP) is -19.9. The van der Waals surface area contributed by atoms with Crippen molar-refractivity contribution in [2.24, 2.45) is 0 Å². The number of hydrogen-bond donors (Lipinski definition) is 0. The van der Waals surface area contributed by atoms with E-state index in [0.717, 1.165) is 0 Å². The standard InChI is InChI=1S/4C2H6.CH3B39.CH3B21.B6/c4*1-2;1-22-33(35(25(8)9)26(10)11)39(36(27(12)13)30(18)20-2)40(37(28(14)15)31(19)23(4)5)34(22)38(29(16)17)32(21-3)24(6)7;1-13-17(9)19(12-3)21(15(6)7)22(16(8)11-2)20(13)18(10)14(4)5;1-5(2)6(3)4/h4*1-2H3;1H3;1H3;. The summed E-state index contributed by atoms with van der Waals surface area (Å²) in [4.78, 5) is 0. The lowest BCUT2D eigenvalue weighted by molar-refractivity contribution is 1.50. The van der Waals surface area contributed by atoms with Gasteiger partial charge in [0.05, 0.1) is 0 Å². The van der Waals surface area contributed by atoms with E-state index in [9.17, 15) is 0 Å². The smallest absolute Gasteiger partial charge is 0.0413 e. The van der Waals surface area contributed by atoms with Crippen molar-refractivity contribution in [2.45, 2.75) is 69.0 Å². The molecule has 0 aromatic carbocycles. The monoisotopic (exact) mass is 877 g/mol. The first-order valence-electron chi connectivity index (χ1n) is 26.8. The summed E-state index contributed by atoms with van der Waals surface area (Å²) in [5.74, 6) is 0. The zero-order chi connectivity index (χ0) is 61.7. The first-order chi connectivity index (χ1) is 35.2. The Kier molecular flexibility index (Phi) is 55.5. The van der Waals surface area contributed by atoms with Crippen molar-refractivity contribution in [3.05, 3.63) is 0 Å². The van der Waals surface area contributed by atoms with E-state index in [2.05, 4.69) is 0 Å². The molecule has 76 heavy (non-hydrogen) atoms. The molecule has 2 rings (SSSR count). The Bertz CT molecular complexity index is 1290. The highest BCUT2D eigenvalue weighted by atomic mass is 13.5. The largest absolute Gasteiger partial charge is 0.101 e. The molecule has 2 aliphatic heterocycles. The van der Waals surface area contributed by atoms with Crippen molar-refractivity contribution in [3.8, 4) is 0 Å². The Morgan fingerprint density at radius 1 is 0.316 bits per heavy atom. The van der Waals surface area contributed by atoms with Gasteiger partial charge in [-0.2, -0.15) is 0 Å². The van der Waals surface area contributed by atoms with Crippen LogP contribution in [-0.4, -0.2) is 466 Å². The summed E-state index contributed by atoms with van der Waals surface area (Å²) in [5.41, 5.74) is 0. The van der Waals surface area contributed by atoms with E-state index >= 15 is 0 Å². The summed E-state index contributed by atoms with van der Waals surface area (Å²) in [6.07, 6.45) is -18.8. The van der Waals surface area contributed by atoms with E-state index in [4.69, 9.17) is 240 Å². The lowest BCUT2D eigenvalue weighted by Gasteiger charge is -2.52. The van der Waals surface area contributed by atoms with Crippen molar-refractivity contribution in [1.82, 2.24) is 0 Å². The van der Waals surface area contributed by atoms with Gasteiger partial charge >= 0.3 is 0 Å². The van der Waals surface area contributed by atoms with Crippen molar-refractivity contribution < 1.29 is 0 Å². The molecule has 0 spiro atoms. The van der Waals surface area contributed by atoms with Gasteiger partial charge in [0.25, 0.3) is 0 Å². The highest BCUT2D eigenvalue weighted by Crippen LogP contribution is 2.27. The molecule has 0 unspecified atom stereocenters. The topological polar surface area (TPSA) is 0 Å². The van der Waals surface area contributed by atoms with Crippen LogP contribution in [0, 0.1) is 0 Å². The third kappa shape index (κ3) is 26.7. The van der Waals surface area contributed by atoms with E-state index in [1.807, 2.05) is 69.0 Å². The van der Waals surface area contributed by atoms with Crippen molar-refractivity contribution in [1.29, 1.82) is 0 Å². The molecular weight excluding hydrogens is 834 g/mol. The van der Waals surface area contributed by atoms with E-state index in [1.165, 1.54) is 21.2 Å². The van der Waals surface area contributed by atoms with Crippen LogP contribution in [0.15, 0.2) is 0 Å². The van der Waals surface area contributed by atoms with E-state index in [1.54, 1.807) is 7.06 Å². The molecule has 0 amide bonds. The van der Waals surface area contributed by atoms with Crippen LogP contribution in [0.4, 0.5) is 0 Å². The highest BCUT2D eigenvalue weighted by Gasteiger charge is 2.64. The molecule has 66 heteroatoms. The van der Waals surface area contributed by atoms with Crippen LogP contribution in [-0.2, 0) is 0 Å². The molecule has 0 nitrogen and oxygen atoms in total.